The molecule has 0 saturated heterocycles. The summed E-state index contributed by atoms with van der Waals surface area (Å²) in [4.78, 5) is 7.97. The molecule has 2 aromatic heterocycles. The Morgan fingerprint density at radius 1 is 0.913 bits per heavy atom. The second kappa shape index (κ2) is 17.3. The fourth-order valence-electron chi connectivity index (χ4n) is 1.28. The van der Waals surface area contributed by atoms with E-state index in [1.807, 2.05) is 77.1 Å². The highest BCUT2D eigenvalue weighted by Crippen LogP contribution is 2.08. The molecule has 0 bridgehead atoms. The molecule has 2 heterocycles. The molecule has 4 nitrogen and oxygen atoms in total. The number of hydrogen-bond donors (Lipinski definition) is 0. The average molecular weight is 310 g/mol. The van der Waals surface area contributed by atoms with E-state index >= 15 is 0 Å². The van der Waals surface area contributed by atoms with E-state index in [-0.39, 0.29) is 5.92 Å². The molecule has 0 aliphatic heterocycles. The molecule has 2 aromatic rings. The van der Waals surface area contributed by atoms with Crippen molar-refractivity contribution in [3.05, 3.63) is 60.2 Å². The summed E-state index contributed by atoms with van der Waals surface area (Å²) < 4.78 is 0. The van der Waals surface area contributed by atoms with Crippen LogP contribution in [0.2, 0.25) is 0 Å². The Kier molecular flexibility index (Phi) is 17.0. The maximum absolute atomic E-state index is 8.50. The molecule has 0 aliphatic rings. The van der Waals surface area contributed by atoms with Crippen LogP contribution in [0, 0.1) is 22.7 Å². The van der Waals surface area contributed by atoms with Gasteiger partial charge in [-0.15, -0.1) is 0 Å². The second-order valence-corrected chi connectivity index (χ2v) is 3.76. The van der Waals surface area contributed by atoms with Gasteiger partial charge in [-0.2, -0.15) is 10.5 Å². The van der Waals surface area contributed by atoms with Gasteiger partial charge in [-0.05, 0) is 31.2 Å². The van der Waals surface area contributed by atoms with E-state index < -0.39 is 0 Å². The first kappa shape index (κ1) is 22.6. The first-order valence-electron chi connectivity index (χ1n) is 7.85. The summed E-state index contributed by atoms with van der Waals surface area (Å²) in [6, 6.07) is 15.3. The van der Waals surface area contributed by atoms with Gasteiger partial charge in [0.2, 0.25) is 0 Å². The van der Waals surface area contributed by atoms with E-state index in [4.69, 9.17) is 10.5 Å². The lowest BCUT2D eigenvalue weighted by molar-refractivity contribution is 0.920. The van der Waals surface area contributed by atoms with Gasteiger partial charge in [0.25, 0.3) is 0 Å². The zero-order valence-electron chi connectivity index (χ0n) is 14.7. The molecule has 0 spiro atoms. The van der Waals surface area contributed by atoms with Crippen LogP contribution >= 0.6 is 0 Å². The number of aromatic nitrogens is 2. The van der Waals surface area contributed by atoms with E-state index in [1.54, 1.807) is 12.4 Å². The molecule has 0 N–H and O–H groups in total. The van der Waals surface area contributed by atoms with E-state index in [2.05, 4.69) is 16.0 Å². The molecule has 4 heteroatoms. The third kappa shape index (κ3) is 11.6. The highest BCUT2D eigenvalue weighted by Gasteiger charge is 2.01. The SMILES string of the molecule is CC.CC.CC(C#N)c1ccccn1.N#CCc1ccccn1. The molecule has 0 amide bonds. The van der Waals surface area contributed by atoms with Gasteiger partial charge in [0.1, 0.15) is 0 Å². The molecule has 0 fully saturated rings. The van der Waals surface area contributed by atoms with Gasteiger partial charge < -0.3 is 0 Å². The fraction of sp³-hybridized carbons (Fsp3) is 0.368. The molecule has 122 valence electrons. The lowest BCUT2D eigenvalue weighted by atomic mass is 10.1. The van der Waals surface area contributed by atoms with E-state index in [0.717, 1.165) is 11.4 Å². The van der Waals surface area contributed by atoms with Crippen LogP contribution in [0.25, 0.3) is 0 Å². The Bertz CT molecular complexity index is 553. The Labute approximate surface area is 140 Å². The number of nitrogens with zero attached hydrogens (tertiary/aromatic N) is 4. The smallest absolute Gasteiger partial charge is 0.0856 e. The van der Waals surface area contributed by atoms with Crippen LogP contribution in [0.15, 0.2) is 48.8 Å². The normalized spacial score (nSPS) is 9.00. The van der Waals surface area contributed by atoms with Crippen LogP contribution in [0.3, 0.4) is 0 Å². The lowest BCUT2D eigenvalue weighted by Crippen LogP contribution is -1.91. The maximum Gasteiger partial charge on any atom is 0.0856 e. The number of hydrogen-bond acceptors (Lipinski definition) is 4. The predicted molar refractivity (Wildman–Crippen MR) is 94.5 cm³/mol. The highest BCUT2D eigenvalue weighted by molar-refractivity contribution is 5.14. The predicted octanol–water partition coefficient (Wildman–Crippen LogP) is 4.91. The van der Waals surface area contributed by atoms with E-state index in [9.17, 15) is 0 Å². The second-order valence-electron chi connectivity index (χ2n) is 3.76. The molecule has 1 unspecified atom stereocenters. The molecule has 2 rings (SSSR count). The summed E-state index contributed by atoms with van der Waals surface area (Å²) in [7, 11) is 0. The third-order valence-electron chi connectivity index (χ3n) is 2.31. The average Bonchev–Trinajstić information content (AvgIpc) is 2.67. The van der Waals surface area contributed by atoms with Crippen LogP contribution in [-0.2, 0) is 6.42 Å². The molecule has 0 aliphatic carbocycles. The molecule has 0 radical (unpaired) electrons. The Balaban J connectivity index is 0. The van der Waals surface area contributed by atoms with Crippen LogP contribution in [0.5, 0.6) is 0 Å². The topological polar surface area (TPSA) is 73.4 Å². The monoisotopic (exact) mass is 310 g/mol. The standard InChI is InChI=1S/C8H8N2.C7H6N2.2C2H6/c1-7(6-9)8-4-2-3-5-10-8;8-5-4-7-3-1-2-6-9-7;2*1-2/h2-5,7H,1H3;1-3,6H,4H2;2*1-2H3. The largest absolute Gasteiger partial charge is 0.260 e. The van der Waals surface area contributed by atoms with Crippen LogP contribution in [0.1, 0.15) is 51.9 Å². The van der Waals surface area contributed by atoms with Crippen molar-refractivity contribution in [3.8, 4) is 12.1 Å². The molecule has 1 atom stereocenters. The summed E-state index contributed by atoms with van der Waals surface area (Å²) in [6.45, 7) is 9.84. The Morgan fingerprint density at radius 3 is 1.87 bits per heavy atom. The summed E-state index contributed by atoms with van der Waals surface area (Å²) in [5, 5.41) is 16.7. The van der Waals surface area contributed by atoms with Crippen molar-refractivity contribution in [2.24, 2.45) is 0 Å². The number of rotatable bonds is 2. The Hall–Kier alpha value is -2.72. The minimum absolute atomic E-state index is 0.0961. The van der Waals surface area contributed by atoms with Gasteiger partial charge in [0.05, 0.1) is 35.9 Å². The van der Waals surface area contributed by atoms with Crippen molar-refractivity contribution in [1.82, 2.24) is 9.97 Å². The summed E-state index contributed by atoms with van der Waals surface area (Å²) >= 11 is 0. The molecular formula is C19H26N4. The molecule has 0 aromatic carbocycles. The van der Waals surface area contributed by atoms with Crippen LogP contribution in [0.4, 0.5) is 0 Å². The third-order valence-corrected chi connectivity index (χ3v) is 2.31. The van der Waals surface area contributed by atoms with Crippen molar-refractivity contribution < 1.29 is 0 Å². The molecule has 0 saturated carbocycles. The zero-order chi connectivity index (χ0) is 17.9. The van der Waals surface area contributed by atoms with Crippen molar-refractivity contribution in [3.63, 3.8) is 0 Å². The van der Waals surface area contributed by atoms with E-state index in [1.165, 1.54) is 0 Å². The summed E-state index contributed by atoms with van der Waals surface area (Å²) in [5.74, 6) is -0.0961. The van der Waals surface area contributed by atoms with Crippen molar-refractivity contribution >= 4 is 0 Å². The quantitative estimate of drug-likeness (QED) is 0.790. The Morgan fingerprint density at radius 2 is 1.48 bits per heavy atom. The van der Waals surface area contributed by atoms with Gasteiger partial charge in [0.15, 0.2) is 0 Å². The first-order chi connectivity index (χ1) is 11.3. The van der Waals surface area contributed by atoms with Crippen LogP contribution < -0.4 is 0 Å². The molecule has 23 heavy (non-hydrogen) atoms. The molecular weight excluding hydrogens is 284 g/mol. The van der Waals surface area contributed by atoms with Gasteiger partial charge >= 0.3 is 0 Å². The van der Waals surface area contributed by atoms with Crippen molar-refractivity contribution in [2.45, 2.75) is 47.0 Å². The van der Waals surface area contributed by atoms with Crippen molar-refractivity contribution in [2.75, 3.05) is 0 Å². The minimum atomic E-state index is -0.0961. The summed E-state index contributed by atoms with van der Waals surface area (Å²) in [5.41, 5.74) is 1.67. The van der Waals surface area contributed by atoms with E-state index in [0.29, 0.717) is 6.42 Å². The van der Waals surface area contributed by atoms with Gasteiger partial charge in [0, 0.05) is 12.4 Å². The first-order valence-corrected chi connectivity index (χ1v) is 7.85. The zero-order valence-corrected chi connectivity index (χ0v) is 14.7. The maximum atomic E-state index is 8.50. The number of nitriles is 2. The van der Waals surface area contributed by atoms with Gasteiger partial charge in [-0.3, -0.25) is 9.97 Å². The van der Waals surface area contributed by atoms with Gasteiger partial charge in [-0.1, -0.05) is 39.8 Å². The van der Waals surface area contributed by atoms with Crippen LogP contribution in [-0.4, -0.2) is 9.97 Å². The summed E-state index contributed by atoms with van der Waals surface area (Å²) in [6.07, 6.45) is 3.79. The number of pyridine rings is 2. The minimum Gasteiger partial charge on any atom is -0.260 e. The fourth-order valence-corrected chi connectivity index (χ4v) is 1.28. The lowest BCUT2D eigenvalue weighted by Gasteiger charge is -1.97. The van der Waals surface area contributed by atoms with Gasteiger partial charge in [-0.25, -0.2) is 0 Å². The highest BCUT2D eigenvalue weighted by atomic mass is 14.7. The van der Waals surface area contributed by atoms with Crippen molar-refractivity contribution in [1.29, 1.82) is 10.5 Å².